The molecule has 0 amide bonds. The minimum absolute atomic E-state index is 0.0319. The summed E-state index contributed by atoms with van der Waals surface area (Å²) in [6.07, 6.45) is 3.43. The van der Waals surface area contributed by atoms with Crippen molar-refractivity contribution in [2.24, 2.45) is 9.98 Å². The van der Waals surface area contributed by atoms with Gasteiger partial charge in [0.2, 0.25) is 5.82 Å². The molecule has 7 heterocycles. The van der Waals surface area contributed by atoms with E-state index in [0.29, 0.717) is 40.1 Å². The van der Waals surface area contributed by atoms with E-state index in [1.165, 1.54) is 6.20 Å². The number of hydrogen-bond donors (Lipinski definition) is 3. The second-order valence-corrected chi connectivity index (χ2v) is 17.3. The average Bonchev–Trinajstić information content (AvgIpc) is 3.80. The van der Waals surface area contributed by atoms with Gasteiger partial charge in [0.05, 0.1) is 50.5 Å². The van der Waals surface area contributed by atoms with Crippen LogP contribution in [0.25, 0.3) is 0 Å². The second kappa shape index (κ2) is 20.5. The fourth-order valence-electron chi connectivity index (χ4n) is 8.34. The minimum atomic E-state index is -0.508. The van der Waals surface area contributed by atoms with Gasteiger partial charge < -0.3 is 20.4 Å². The highest BCUT2D eigenvalue weighted by Crippen LogP contribution is 2.33. The maximum atomic E-state index is 13.3. The third-order valence-electron chi connectivity index (χ3n) is 12.2. The summed E-state index contributed by atoms with van der Waals surface area (Å²) in [6, 6.07) is 18.5. The first-order chi connectivity index (χ1) is 31.5. The highest BCUT2D eigenvalue weighted by molar-refractivity contribution is 6.37. The van der Waals surface area contributed by atoms with Crippen molar-refractivity contribution in [1.82, 2.24) is 39.8 Å². The molecule has 0 spiro atoms. The number of fused-ring (bicyclic) bond motifs is 2. The number of anilines is 3. The minimum Gasteiger partial charge on any atom is -0.338 e. The number of aromatic amines is 1. The summed E-state index contributed by atoms with van der Waals surface area (Å²) in [7, 11) is 0. The molecule has 3 aromatic heterocycles. The van der Waals surface area contributed by atoms with Crippen molar-refractivity contribution in [1.29, 1.82) is 0 Å². The number of hydrogen-bond acceptors (Lipinski definition) is 14. The van der Waals surface area contributed by atoms with Crippen LogP contribution < -0.4 is 10.6 Å². The van der Waals surface area contributed by atoms with Crippen molar-refractivity contribution >= 4 is 63.4 Å². The highest BCUT2D eigenvalue weighted by atomic mass is 35.5. The number of likely N-dealkylation sites (N-methyl/N-ethyl adjacent to an activating group) is 2. The summed E-state index contributed by atoms with van der Waals surface area (Å²) < 4.78 is 0. The first kappa shape index (κ1) is 45.7. The molecule has 3 N–H and O–H groups in total. The van der Waals surface area contributed by atoms with Crippen LogP contribution in [0.15, 0.2) is 94.3 Å². The molecule has 16 nitrogen and oxygen atoms in total. The molecular formula is C47H53Cl2N13O3. The number of piperazine rings is 2. The summed E-state index contributed by atoms with van der Waals surface area (Å²) in [6.45, 7) is 20.5. The summed E-state index contributed by atoms with van der Waals surface area (Å²) in [5, 5.41) is 25.7. The summed E-state index contributed by atoms with van der Waals surface area (Å²) in [5.41, 5.74) is 8.64. The van der Waals surface area contributed by atoms with E-state index in [-0.39, 0.29) is 22.9 Å². The molecule has 0 aliphatic carbocycles. The molecule has 338 valence electrons. The lowest BCUT2D eigenvalue weighted by molar-refractivity contribution is -0.384. The average molecular weight is 919 g/mol. The zero-order valence-corrected chi connectivity index (χ0v) is 38.6. The molecule has 2 aromatic carbocycles. The number of nitro groups is 1. The molecule has 5 aromatic rings. The molecular weight excluding hydrogens is 866 g/mol. The van der Waals surface area contributed by atoms with Crippen LogP contribution in [0.4, 0.5) is 22.9 Å². The third kappa shape index (κ3) is 10.5. The molecule has 4 aliphatic rings. The molecule has 0 saturated carbocycles. The third-order valence-corrected chi connectivity index (χ3v) is 12.9. The first-order valence-electron chi connectivity index (χ1n) is 22.0. The number of pyridine rings is 2. The van der Waals surface area contributed by atoms with Crippen molar-refractivity contribution in [3.05, 3.63) is 144 Å². The number of aliphatic imine (C=N–C) groups is 2. The number of nitrogens with one attached hydrogen (secondary N) is 3. The number of nitrogens with zero attached hydrogens (tertiary/aromatic N) is 10. The van der Waals surface area contributed by atoms with E-state index in [1.807, 2.05) is 30.5 Å². The fourth-order valence-corrected chi connectivity index (χ4v) is 8.79. The van der Waals surface area contributed by atoms with Crippen LogP contribution in [0.3, 0.4) is 0 Å². The standard InChI is InChI=1S/C24H27ClN6.C23H26ClN7O3/c1-3-30-8-10-31(11-9-30)15-17-12-21-19(14-26-17)23(18-6-4-5-7-20(18)25)29-22-16(2)13-27-24(22)28-21;1-3-29-8-10-30(11-9-29)14-16-12-20(26-23-21(31(33)34)15(2)27-28-23)18(13-25-16)22(32)17-6-4-5-7-19(17)24/h4-7,12,14H,3,8-11,13,15H2,1-2H3,(H,27,28);4-7,12-13H,3,8-11,14H2,1-2H3,(H2,25,26,27,28). The molecule has 4 aliphatic heterocycles. The Morgan fingerprint density at radius 2 is 1.38 bits per heavy atom. The number of rotatable bonds is 12. The number of H-pyrrole nitrogens is 1. The number of aryl methyl sites for hydroxylation is 1. The quantitative estimate of drug-likeness (QED) is 0.0636. The Morgan fingerprint density at radius 1 is 0.785 bits per heavy atom. The number of amidine groups is 1. The molecule has 0 unspecified atom stereocenters. The van der Waals surface area contributed by atoms with Crippen LogP contribution in [0.5, 0.6) is 0 Å². The number of benzene rings is 2. The van der Waals surface area contributed by atoms with Crippen LogP contribution in [0, 0.1) is 17.0 Å². The maximum absolute atomic E-state index is 13.3. The van der Waals surface area contributed by atoms with E-state index >= 15 is 0 Å². The molecule has 0 radical (unpaired) electrons. The van der Waals surface area contributed by atoms with E-state index in [4.69, 9.17) is 33.2 Å². The lowest BCUT2D eigenvalue weighted by Gasteiger charge is -2.33. The van der Waals surface area contributed by atoms with Crippen molar-refractivity contribution in [3.63, 3.8) is 0 Å². The van der Waals surface area contributed by atoms with Crippen molar-refractivity contribution in [3.8, 4) is 0 Å². The van der Waals surface area contributed by atoms with Crippen molar-refractivity contribution in [2.45, 2.75) is 40.8 Å². The molecule has 9 rings (SSSR count). The molecule has 2 fully saturated rings. The van der Waals surface area contributed by atoms with Crippen LogP contribution >= 0.6 is 23.2 Å². The Labute approximate surface area is 388 Å². The first-order valence-corrected chi connectivity index (χ1v) is 22.7. The van der Waals surface area contributed by atoms with Gasteiger partial charge in [-0.3, -0.25) is 44.8 Å². The summed E-state index contributed by atoms with van der Waals surface area (Å²) >= 11 is 12.8. The van der Waals surface area contributed by atoms with Crippen LogP contribution in [-0.2, 0) is 13.1 Å². The summed E-state index contributed by atoms with van der Waals surface area (Å²) in [5.74, 6) is 0.526. The van der Waals surface area contributed by atoms with Gasteiger partial charge in [-0.15, -0.1) is 5.10 Å². The van der Waals surface area contributed by atoms with E-state index in [9.17, 15) is 14.9 Å². The van der Waals surface area contributed by atoms with Gasteiger partial charge in [0.15, 0.2) is 11.6 Å². The number of aromatic nitrogens is 4. The zero-order valence-electron chi connectivity index (χ0n) is 37.1. The molecule has 0 bridgehead atoms. The van der Waals surface area contributed by atoms with Gasteiger partial charge in [0, 0.05) is 99.6 Å². The lowest BCUT2D eigenvalue weighted by atomic mass is 10.0. The largest absolute Gasteiger partial charge is 0.338 e. The predicted molar refractivity (Wildman–Crippen MR) is 257 cm³/mol. The van der Waals surface area contributed by atoms with E-state index in [0.717, 1.165) is 123 Å². The van der Waals surface area contributed by atoms with Crippen LogP contribution in [0.2, 0.25) is 10.0 Å². The smallest absolute Gasteiger partial charge is 0.333 e. The van der Waals surface area contributed by atoms with Gasteiger partial charge >= 0.3 is 5.69 Å². The summed E-state index contributed by atoms with van der Waals surface area (Å²) in [4.78, 5) is 53.1. The van der Waals surface area contributed by atoms with Gasteiger partial charge in [0.1, 0.15) is 11.4 Å². The monoisotopic (exact) mass is 917 g/mol. The Morgan fingerprint density at radius 3 is 2.02 bits per heavy atom. The van der Waals surface area contributed by atoms with Crippen LogP contribution in [-0.4, -0.2) is 134 Å². The Balaban J connectivity index is 0.000000178. The lowest BCUT2D eigenvalue weighted by Crippen LogP contribution is -2.45. The van der Waals surface area contributed by atoms with E-state index < -0.39 is 4.92 Å². The van der Waals surface area contributed by atoms with E-state index in [1.54, 1.807) is 37.3 Å². The normalized spacial score (nSPS) is 17.0. The molecule has 18 heteroatoms. The molecule has 65 heavy (non-hydrogen) atoms. The van der Waals surface area contributed by atoms with E-state index in [2.05, 4.69) is 77.2 Å². The van der Waals surface area contributed by atoms with Gasteiger partial charge in [-0.05, 0) is 62.8 Å². The molecule has 0 atom stereocenters. The number of halogens is 2. The molecule has 2 saturated heterocycles. The van der Waals surface area contributed by atoms with Gasteiger partial charge in [-0.25, -0.2) is 4.99 Å². The zero-order chi connectivity index (χ0) is 45.6. The number of ketones is 1. The van der Waals surface area contributed by atoms with Gasteiger partial charge in [0.25, 0.3) is 0 Å². The fraction of sp³-hybridized carbons (Fsp3) is 0.362. The predicted octanol–water partition coefficient (Wildman–Crippen LogP) is 7.61. The Kier molecular flexibility index (Phi) is 14.4. The topological polar surface area (TPSA) is 176 Å². The Hall–Kier alpha value is -5.88. The van der Waals surface area contributed by atoms with Gasteiger partial charge in [-0.2, -0.15) is 0 Å². The SMILES string of the molecule is CCN1CCN(Cc2cc(Nc3n[nH]c(C)c3[N+](=O)[O-])c(C(=O)c3ccccc3Cl)cn2)CC1.CCN1CCN(Cc2cc3c(cn2)C(c2ccccc2Cl)=NC2=C(C)CN=C2N3)CC1. The number of carbonyl (C=O) groups is 1. The maximum Gasteiger partial charge on any atom is 0.333 e. The Bertz CT molecular complexity index is 2660. The van der Waals surface area contributed by atoms with Crippen LogP contribution in [0.1, 0.15) is 64.9 Å². The second-order valence-electron chi connectivity index (χ2n) is 16.5. The van der Waals surface area contributed by atoms with Crippen molar-refractivity contribution < 1.29 is 9.72 Å². The van der Waals surface area contributed by atoms with Gasteiger partial charge in [-0.1, -0.05) is 67.4 Å². The highest BCUT2D eigenvalue weighted by Gasteiger charge is 2.28. The van der Waals surface area contributed by atoms with Crippen molar-refractivity contribution in [2.75, 3.05) is 82.6 Å². The number of carbonyl (C=O) groups excluding carboxylic acids is 1.